The first kappa shape index (κ1) is 18.6. The Morgan fingerprint density at radius 2 is 2.12 bits per heavy atom. The Morgan fingerprint density at radius 3 is 2.85 bits per heavy atom. The van der Waals surface area contributed by atoms with Gasteiger partial charge >= 0.3 is 6.18 Å². The number of alkyl halides is 3. The molecule has 6 nitrogen and oxygen atoms in total. The van der Waals surface area contributed by atoms with E-state index in [4.69, 9.17) is 0 Å². The molecule has 0 spiro atoms. The zero-order valence-electron chi connectivity index (χ0n) is 13.7. The van der Waals surface area contributed by atoms with Gasteiger partial charge in [-0.1, -0.05) is 0 Å². The Bertz CT molecular complexity index is 760. The van der Waals surface area contributed by atoms with Crippen molar-refractivity contribution in [2.75, 3.05) is 25.0 Å². The summed E-state index contributed by atoms with van der Waals surface area (Å²) in [6.07, 6.45) is 0.507. The number of nitrogens with zero attached hydrogens (tertiary/aromatic N) is 2. The second kappa shape index (κ2) is 8.00. The zero-order valence-corrected chi connectivity index (χ0v) is 14.5. The first-order chi connectivity index (χ1) is 12.4. The summed E-state index contributed by atoms with van der Waals surface area (Å²) in [5.41, 5.74) is -0.0737. The summed E-state index contributed by atoms with van der Waals surface area (Å²) in [7, 11) is 0. The van der Waals surface area contributed by atoms with Gasteiger partial charge in [-0.2, -0.15) is 13.2 Å². The van der Waals surface area contributed by atoms with Crippen molar-refractivity contribution in [1.29, 1.82) is 0 Å². The highest BCUT2D eigenvalue weighted by molar-refractivity contribution is 7.15. The van der Waals surface area contributed by atoms with Crippen LogP contribution in [0.15, 0.2) is 24.5 Å². The van der Waals surface area contributed by atoms with E-state index in [2.05, 4.69) is 25.3 Å². The van der Waals surface area contributed by atoms with Gasteiger partial charge in [-0.15, -0.1) is 11.3 Å². The van der Waals surface area contributed by atoms with E-state index < -0.39 is 18.7 Å². The van der Waals surface area contributed by atoms with Crippen LogP contribution in [0.25, 0.3) is 0 Å². The molecule has 0 bridgehead atoms. The number of carbonyl (C=O) groups excluding carboxylic acids is 1. The van der Waals surface area contributed by atoms with Crippen molar-refractivity contribution in [3.05, 3.63) is 35.0 Å². The molecule has 140 valence electrons. The van der Waals surface area contributed by atoms with Gasteiger partial charge in [-0.05, 0) is 44.0 Å². The van der Waals surface area contributed by atoms with Crippen LogP contribution in [-0.2, 0) is 0 Å². The average Bonchev–Trinajstić information content (AvgIpc) is 3.09. The molecule has 26 heavy (non-hydrogen) atoms. The summed E-state index contributed by atoms with van der Waals surface area (Å²) in [5, 5.41) is 6.29. The first-order valence-corrected chi connectivity index (χ1v) is 8.86. The second-order valence-electron chi connectivity index (χ2n) is 5.81. The Kier molecular flexibility index (Phi) is 5.72. The van der Waals surface area contributed by atoms with Crippen LogP contribution in [-0.4, -0.2) is 41.7 Å². The third-order valence-electron chi connectivity index (χ3n) is 3.87. The fourth-order valence-corrected chi connectivity index (χ4v) is 3.61. The summed E-state index contributed by atoms with van der Waals surface area (Å²) in [6, 6.07) is 2.81. The number of anilines is 1. The van der Waals surface area contributed by atoms with E-state index in [0.717, 1.165) is 30.8 Å². The van der Waals surface area contributed by atoms with Crippen molar-refractivity contribution in [1.82, 2.24) is 15.3 Å². The lowest BCUT2D eigenvalue weighted by atomic mass is 9.97. The molecule has 0 radical (unpaired) electrons. The number of pyridine rings is 1. The van der Waals surface area contributed by atoms with E-state index >= 15 is 0 Å². The van der Waals surface area contributed by atoms with Crippen LogP contribution in [0.5, 0.6) is 5.88 Å². The van der Waals surface area contributed by atoms with Gasteiger partial charge in [0.2, 0.25) is 5.88 Å². The minimum Gasteiger partial charge on any atom is -0.467 e. The first-order valence-electron chi connectivity index (χ1n) is 8.05. The van der Waals surface area contributed by atoms with Crippen molar-refractivity contribution in [3.8, 4) is 5.88 Å². The molecule has 3 rings (SSSR count). The standard InChI is InChI=1S/C16H17F3N4O2S/c17-16(18,19)9-25-14-11(2-1-5-21-14)13(24)23-15-22-8-12(26-15)10-3-6-20-7-4-10/h1-2,5,8,10,20H,3-4,6-7,9H2,(H,22,23,24). The molecule has 0 aliphatic carbocycles. The summed E-state index contributed by atoms with van der Waals surface area (Å²) in [6.45, 7) is 0.376. The molecule has 0 aromatic carbocycles. The zero-order chi connectivity index (χ0) is 18.6. The third kappa shape index (κ3) is 4.92. The maximum atomic E-state index is 12.4. The largest absolute Gasteiger partial charge is 0.467 e. The Morgan fingerprint density at radius 1 is 1.35 bits per heavy atom. The summed E-state index contributed by atoms with van der Waals surface area (Å²) in [4.78, 5) is 21.4. The molecule has 1 fully saturated rings. The van der Waals surface area contributed by atoms with Crippen LogP contribution >= 0.6 is 11.3 Å². The fourth-order valence-electron chi connectivity index (χ4n) is 2.63. The molecule has 0 saturated carbocycles. The number of piperidine rings is 1. The molecular formula is C16H17F3N4O2S. The van der Waals surface area contributed by atoms with Crippen LogP contribution in [0.2, 0.25) is 0 Å². The van der Waals surface area contributed by atoms with Gasteiger partial charge < -0.3 is 10.1 Å². The topological polar surface area (TPSA) is 76.1 Å². The molecule has 10 heteroatoms. The van der Waals surface area contributed by atoms with Crippen LogP contribution in [0.1, 0.15) is 34.0 Å². The second-order valence-corrected chi connectivity index (χ2v) is 6.87. The average molecular weight is 386 g/mol. The number of rotatable bonds is 5. The molecule has 1 aliphatic heterocycles. The van der Waals surface area contributed by atoms with E-state index in [1.165, 1.54) is 29.7 Å². The van der Waals surface area contributed by atoms with Crippen molar-refractivity contribution in [3.63, 3.8) is 0 Å². The number of ether oxygens (including phenoxy) is 1. The van der Waals surface area contributed by atoms with Crippen molar-refractivity contribution >= 4 is 22.4 Å². The molecular weight excluding hydrogens is 369 g/mol. The number of amides is 1. The number of thiazole rings is 1. The van der Waals surface area contributed by atoms with Crippen LogP contribution in [0.4, 0.5) is 18.3 Å². The maximum absolute atomic E-state index is 12.4. The number of nitrogens with one attached hydrogen (secondary N) is 2. The molecule has 3 heterocycles. The van der Waals surface area contributed by atoms with Gasteiger partial charge in [-0.3, -0.25) is 10.1 Å². The Hall–Kier alpha value is -2.20. The number of aromatic nitrogens is 2. The third-order valence-corrected chi connectivity index (χ3v) is 4.95. The Balaban J connectivity index is 1.67. The highest BCUT2D eigenvalue weighted by Gasteiger charge is 2.29. The summed E-state index contributed by atoms with van der Waals surface area (Å²) < 4.78 is 41.6. The highest BCUT2D eigenvalue weighted by Crippen LogP contribution is 2.32. The molecule has 0 unspecified atom stereocenters. The van der Waals surface area contributed by atoms with Crippen molar-refractivity contribution < 1.29 is 22.7 Å². The van der Waals surface area contributed by atoms with Gasteiger partial charge in [0, 0.05) is 17.3 Å². The van der Waals surface area contributed by atoms with Crippen LogP contribution in [0.3, 0.4) is 0 Å². The molecule has 1 saturated heterocycles. The van der Waals surface area contributed by atoms with Gasteiger partial charge in [0.25, 0.3) is 5.91 Å². The Labute approximate surface area is 151 Å². The van der Waals surface area contributed by atoms with E-state index in [-0.39, 0.29) is 11.4 Å². The van der Waals surface area contributed by atoms with E-state index in [9.17, 15) is 18.0 Å². The van der Waals surface area contributed by atoms with Crippen molar-refractivity contribution in [2.45, 2.75) is 24.9 Å². The summed E-state index contributed by atoms with van der Waals surface area (Å²) in [5.74, 6) is -0.567. The van der Waals surface area contributed by atoms with Crippen LogP contribution in [0, 0.1) is 0 Å². The highest BCUT2D eigenvalue weighted by atomic mass is 32.1. The maximum Gasteiger partial charge on any atom is 0.422 e. The SMILES string of the molecule is O=C(Nc1ncc(C2CCNCC2)s1)c1cccnc1OCC(F)(F)F. The van der Waals surface area contributed by atoms with Crippen molar-refractivity contribution in [2.24, 2.45) is 0 Å². The molecule has 2 N–H and O–H groups in total. The normalized spacial score (nSPS) is 15.7. The predicted octanol–water partition coefficient (Wildman–Crippen LogP) is 3.20. The number of hydrogen-bond donors (Lipinski definition) is 2. The molecule has 1 aliphatic rings. The van der Waals surface area contributed by atoms with E-state index in [1.54, 1.807) is 6.20 Å². The smallest absolute Gasteiger partial charge is 0.422 e. The van der Waals surface area contributed by atoms with Gasteiger partial charge in [-0.25, -0.2) is 9.97 Å². The lowest BCUT2D eigenvalue weighted by molar-refractivity contribution is -0.154. The molecule has 2 aromatic heterocycles. The lowest BCUT2D eigenvalue weighted by Gasteiger charge is -2.20. The van der Waals surface area contributed by atoms with Gasteiger partial charge in [0.05, 0.1) is 0 Å². The number of hydrogen-bond acceptors (Lipinski definition) is 6. The quantitative estimate of drug-likeness (QED) is 0.825. The predicted molar refractivity (Wildman–Crippen MR) is 90.7 cm³/mol. The van der Waals surface area contributed by atoms with Gasteiger partial charge in [0.15, 0.2) is 11.7 Å². The molecule has 0 atom stereocenters. The monoisotopic (exact) mass is 386 g/mol. The number of carbonyl (C=O) groups is 1. The van der Waals surface area contributed by atoms with E-state index in [0.29, 0.717) is 11.0 Å². The van der Waals surface area contributed by atoms with Crippen LogP contribution < -0.4 is 15.4 Å². The lowest BCUT2D eigenvalue weighted by Crippen LogP contribution is -2.26. The molecule has 1 amide bonds. The molecule has 2 aromatic rings. The summed E-state index contributed by atoms with van der Waals surface area (Å²) >= 11 is 1.37. The minimum atomic E-state index is -4.51. The minimum absolute atomic E-state index is 0.0737. The van der Waals surface area contributed by atoms with Gasteiger partial charge in [0.1, 0.15) is 5.56 Å². The number of halogens is 3. The fraction of sp³-hybridized carbons (Fsp3) is 0.438. The van der Waals surface area contributed by atoms with E-state index in [1.807, 2.05) is 0 Å².